The molecular weight excluding hydrogens is 324 g/mol. The van der Waals surface area contributed by atoms with Crippen LogP contribution in [-0.4, -0.2) is 28.6 Å². The minimum Gasteiger partial charge on any atom is -0.391 e. The Bertz CT molecular complexity index is 607. The normalized spacial score (nSPS) is 12.8. The van der Waals surface area contributed by atoms with Gasteiger partial charge in [0.1, 0.15) is 6.04 Å². The van der Waals surface area contributed by atoms with Crippen molar-refractivity contribution in [3.8, 4) is 0 Å². The van der Waals surface area contributed by atoms with Gasteiger partial charge in [0.05, 0.1) is 6.10 Å². The van der Waals surface area contributed by atoms with E-state index in [0.29, 0.717) is 13.0 Å². The Hall–Kier alpha value is -1.88. The SMILES string of the molecule is CCC(O)CN(Cc1ccccc1)C(=O)C(N)c1ccccc1.Cl. The summed E-state index contributed by atoms with van der Waals surface area (Å²) >= 11 is 0. The quantitative estimate of drug-likeness (QED) is 0.808. The molecule has 0 aliphatic carbocycles. The third-order valence-electron chi connectivity index (χ3n) is 3.86. The van der Waals surface area contributed by atoms with Crippen molar-refractivity contribution in [1.82, 2.24) is 4.90 Å². The molecule has 2 unspecified atom stereocenters. The maximum atomic E-state index is 12.8. The van der Waals surface area contributed by atoms with Gasteiger partial charge in [0.25, 0.3) is 0 Å². The maximum absolute atomic E-state index is 12.8. The van der Waals surface area contributed by atoms with Crippen LogP contribution >= 0.6 is 12.4 Å². The van der Waals surface area contributed by atoms with Crippen molar-refractivity contribution in [2.24, 2.45) is 5.73 Å². The zero-order chi connectivity index (χ0) is 16.7. The molecule has 0 saturated carbocycles. The molecule has 0 fully saturated rings. The van der Waals surface area contributed by atoms with Crippen LogP contribution in [0.25, 0.3) is 0 Å². The fraction of sp³-hybridized carbons (Fsp3) is 0.316. The van der Waals surface area contributed by atoms with Crippen molar-refractivity contribution in [1.29, 1.82) is 0 Å². The average Bonchev–Trinajstić information content (AvgIpc) is 2.61. The van der Waals surface area contributed by atoms with Gasteiger partial charge in [-0.25, -0.2) is 0 Å². The molecule has 3 N–H and O–H groups in total. The van der Waals surface area contributed by atoms with Crippen LogP contribution in [0.4, 0.5) is 0 Å². The van der Waals surface area contributed by atoms with Crippen LogP contribution in [0.3, 0.4) is 0 Å². The van der Waals surface area contributed by atoms with Crippen LogP contribution in [-0.2, 0) is 11.3 Å². The fourth-order valence-corrected chi connectivity index (χ4v) is 2.42. The Kier molecular flexibility index (Phi) is 8.47. The van der Waals surface area contributed by atoms with Crippen molar-refractivity contribution in [3.63, 3.8) is 0 Å². The number of aliphatic hydroxyl groups excluding tert-OH is 1. The Balaban J connectivity index is 0.00000288. The Morgan fingerprint density at radius 1 is 1.08 bits per heavy atom. The minimum absolute atomic E-state index is 0. The van der Waals surface area contributed by atoms with Gasteiger partial charge in [-0.1, -0.05) is 67.6 Å². The van der Waals surface area contributed by atoms with Crippen LogP contribution < -0.4 is 5.73 Å². The van der Waals surface area contributed by atoms with E-state index in [0.717, 1.165) is 11.1 Å². The summed E-state index contributed by atoms with van der Waals surface area (Å²) in [5.41, 5.74) is 7.93. The highest BCUT2D eigenvalue weighted by molar-refractivity contribution is 5.85. The highest BCUT2D eigenvalue weighted by Crippen LogP contribution is 2.16. The lowest BCUT2D eigenvalue weighted by Gasteiger charge is -2.28. The molecule has 0 bridgehead atoms. The maximum Gasteiger partial charge on any atom is 0.244 e. The average molecular weight is 349 g/mol. The molecule has 0 saturated heterocycles. The number of hydrogen-bond acceptors (Lipinski definition) is 3. The van der Waals surface area contributed by atoms with Crippen LogP contribution in [0.2, 0.25) is 0 Å². The predicted octanol–water partition coefficient (Wildman–Crippen LogP) is 2.91. The van der Waals surface area contributed by atoms with Crippen molar-refractivity contribution < 1.29 is 9.90 Å². The van der Waals surface area contributed by atoms with E-state index < -0.39 is 12.1 Å². The summed E-state index contributed by atoms with van der Waals surface area (Å²) in [6.45, 7) is 2.62. The number of amides is 1. The van der Waals surface area contributed by atoms with E-state index in [4.69, 9.17) is 5.73 Å². The molecule has 130 valence electrons. The van der Waals surface area contributed by atoms with Gasteiger partial charge < -0.3 is 15.7 Å². The first-order chi connectivity index (χ1) is 11.1. The van der Waals surface area contributed by atoms with Crippen LogP contribution in [0.5, 0.6) is 0 Å². The predicted molar refractivity (Wildman–Crippen MR) is 98.8 cm³/mol. The standard InChI is InChI=1S/C19H24N2O2.ClH/c1-2-17(22)14-21(13-15-9-5-3-6-10-15)19(23)18(20)16-11-7-4-8-12-16;/h3-12,17-18,22H,2,13-14,20H2,1H3;1H. The lowest BCUT2D eigenvalue weighted by molar-refractivity contribution is -0.134. The Morgan fingerprint density at radius 2 is 1.62 bits per heavy atom. The Labute approximate surface area is 149 Å². The van der Waals surface area contributed by atoms with Crippen molar-refractivity contribution >= 4 is 18.3 Å². The lowest BCUT2D eigenvalue weighted by atomic mass is 10.1. The van der Waals surface area contributed by atoms with E-state index in [9.17, 15) is 9.90 Å². The number of halogens is 1. The first-order valence-corrected chi connectivity index (χ1v) is 7.93. The molecule has 2 rings (SSSR count). The molecular formula is C19H25ClN2O2. The van der Waals surface area contributed by atoms with Gasteiger partial charge in [-0.15, -0.1) is 12.4 Å². The molecule has 2 atom stereocenters. The van der Waals surface area contributed by atoms with Crippen LogP contribution in [0.1, 0.15) is 30.5 Å². The Morgan fingerprint density at radius 3 is 2.17 bits per heavy atom. The molecule has 0 aliphatic rings. The third kappa shape index (κ3) is 5.64. The van der Waals surface area contributed by atoms with Gasteiger partial charge in [-0.2, -0.15) is 0 Å². The highest BCUT2D eigenvalue weighted by atomic mass is 35.5. The molecule has 4 nitrogen and oxygen atoms in total. The molecule has 0 aromatic heterocycles. The van der Waals surface area contributed by atoms with Gasteiger partial charge in [0.15, 0.2) is 0 Å². The number of aliphatic hydroxyl groups is 1. The summed E-state index contributed by atoms with van der Waals surface area (Å²) in [6.07, 6.45) is 0.0460. The zero-order valence-electron chi connectivity index (χ0n) is 13.8. The summed E-state index contributed by atoms with van der Waals surface area (Å²) in [7, 11) is 0. The van der Waals surface area contributed by atoms with Gasteiger partial charge in [-0.3, -0.25) is 4.79 Å². The number of nitrogens with zero attached hydrogens (tertiary/aromatic N) is 1. The van der Waals surface area contributed by atoms with E-state index in [1.807, 2.05) is 67.6 Å². The largest absolute Gasteiger partial charge is 0.391 e. The zero-order valence-corrected chi connectivity index (χ0v) is 14.7. The number of carbonyl (C=O) groups is 1. The number of rotatable bonds is 7. The summed E-state index contributed by atoms with van der Waals surface area (Å²) < 4.78 is 0. The van der Waals surface area contributed by atoms with Crippen LogP contribution in [0, 0.1) is 0 Å². The molecule has 0 aliphatic heterocycles. The molecule has 2 aromatic carbocycles. The smallest absolute Gasteiger partial charge is 0.244 e. The second kappa shape index (κ2) is 10.1. The first kappa shape index (κ1) is 20.2. The van der Waals surface area contributed by atoms with E-state index in [-0.39, 0.29) is 24.9 Å². The molecule has 2 aromatic rings. The highest BCUT2D eigenvalue weighted by Gasteiger charge is 2.24. The van der Waals surface area contributed by atoms with Gasteiger partial charge in [0.2, 0.25) is 5.91 Å². The third-order valence-corrected chi connectivity index (χ3v) is 3.86. The second-order valence-electron chi connectivity index (χ2n) is 5.65. The second-order valence-corrected chi connectivity index (χ2v) is 5.65. The van der Waals surface area contributed by atoms with Gasteiger partial charge in [-0.05, 0) is 17.5 Å². The van der Waals surface area contributed by atoms with E-state index in [1.54, 1.807) is 4.90 Å². The summed E-state index contributed by atoms with van der Waals surface area (Å²) in [6, 6.07) is 18.3. The molecule has 0 radical (unpaired) electrons. The van der Waals surface area contributed by atoms with Gasteiger partial charge in [0, 0.05) is 13.1 Å². The molecule has 24 heavy (non-hydrogen) atoms. The summed E-state index contributed by atoms with van der Waals surface area (Å²) in [5, 5.41) is 9.97. The number of nitrogens with two attached hydrogens (primary N) is 1. The van der Waals surface area contributed by atoms with Crippen molar-refractivity contribution in [2.45, 2.75) is 32.0 Å². The minimum atomic E-state index is -0.719. The van der Waals surface area contributed by atoms with Crippen molar-refractivity contribution in [3.05, 3.63) is 71.8 Å². The van der Waals surface area contributed by atoms with Crippen molar-refractivity contribution in [2.75, 3.05) is 6.54 Å². The summed E-state index contributed by atoms with van der Waals surface area (Å²) in [5.74, 6) is -0.174. The van der Waals surface area contributed by atoms with Gasteiger partial charge >= 0.3 is 0 Å². The topological polar surface area (TPSA) is 66.6 Å². The first-order valence-electron chi connectivity index (χ1n) is 7.93. The molecule has 0 spiro atoms. The van der Waals surface area contributed by atoms with Crippen LogP contribution in [0.15, 0.2) is 60.7 Å². The number of benzene rings is 2. The monoisotopic (exact) mass is 348 g/mol. The molecule has 1 amide bonds. The van der Waals surface area contributed by atoms with E-state index >= 15 is 0 Å². The fourth-order valence-electron chi connectivity index (χ4n) is 2.42. The lowest BCUT2D eigenvalue weighted by Crippen LogP contribution is -2.42. The molecule has 0 heterocycles. The summed E-state index contributed by atoms with van der Waals surface area (Å²) in [4.78, 5) is 14.4. The number of carbonyl (C=O) groups excluding carboxylic acids is 1. The number of hydrogen-bond donors (Lipinski definition) is 2. The van der Waals surface area contributed by atoms with E-state index in [1.165, 1.54) is 0 Å². The molecule has 5 heteroatoms. The van der Waals surface area contributed by atoms with E-state index in [2.05, 4.69) is 0 Å².